The summed E-state index contributed by atoms with van der Waals surface area (Å²) >= 11 is 0. The molecule has 0 saturated carbocycles. The van der Waals surface area contributed by atoms with Crippen LogP contribution in [-0.4, -0.2) is 11.5 Å². The number of anilines is 1. The first kappa shape index (κ1) is 10.6. The Morgan fingerprint density at radius 2 is 2.36 bits per heavy atom. The van der Waals surface area contributed by atoms with Gasteiger partial charge in [0.15, 0.2) is 0 Å². The number of nitrogens with one attached hydrogen (secondary N) is 1. The van der Waals surface area contributed by atoms with Crippen molar-refractivity contribution in [3.05, 3.63) is 24.0 Å². The van der Waals surface area contributed by atoms with E-state index in [0.717, 1.165) is 25.8 Å². The van der Waals surface area contributed by atoms with E-state index in [1.807, 2.05) is 12.3 Å². The van der Waals surface area contributed by atoms with Gasteiger partial charge >= 0.3 is 0 Å². The molecule has 2 nitrogen and oxygen atoms in total. The van der Waals surface area contributed by atoms with E-state index in [4.69, 9.17) is 6.42 Å². The Morgan fingerprint density at radius 1 is 1.50 bits per heavy atom. The Hall–Kier alpha value is -1.49. The topological polar surface area (TPSA) is 24.9 Å². The van der Waals surface area contributed by atoms with Gasteiger partial charge in [0.1, 0.15) is 0 Å². The second kappa shape index (κ2) is 6.04. The number of aryl methyl sites for hydroxylation is 1. The average molecular weight is 188 g/mol. The van der Waals surface area contributed by atoms with Crippen molar-refractivity contribution < 1.29 is 0 Å². The summed E-state index contributed by atoms with van der Waals surface area (Å²) in [7, 11) is 0. The molecule has 1 aromatic heterocycles. The van der Waals surface area contributed by atoms with Gasteiger partial charge in [0.05, 0.1) is 0 Å². The van der Waals surface area contributed by atoms with Crippen molar-refractivity contribution in [2.45, 2.75) is 26.2 Å². The predicted octanol–water partition coefficient (Wildman–Crippen LogP) is 2.61. The van der Waals surface area contributed by atoms with E-state index < -0.39 is 0 Å². The van der Waals surface area contributed by atoms with Gasteiger partial charge in [0.25, 0.3) is 0 Å². The van der Waals surface area contributed by atoms with Crippen LogP contribution < -0.4 is 5.32 Å². The quantitative estimate of drug-likeness (QED) is 0.567. The SMILES string of the molecule is C#CCCCCNc1ccncc1C. The lowest BCUT2D eigenvalue weighted by atomic mass is 10.2. The van der Waals surface area contributed by atoms with Crippen molar-refractivity contribution in [2.24, 2.45) is 0 Å². The molecule has 74 valence electrons. The number of hydrogen-bond acceptors (Lipinski definition) is 2. The van der Waals surface area contributed by atoms with Crippen LogP contribution >= 0.6 is 0 Å². The smallest absolute Gasteiger partial charge is 0.0400 e. The molecule has 1 heterocycles. The third-order valence-electron chi connectivity index (χ3n) is 2.08. The molecular weight excluding hydrogens is 172 g/mol. The van der Waals surface area contributed by atoms with Crippen LogP contribution in [0.3, 0.4) is 0 Å². The highest BCUT2D eigenvalue weighted by molar-refractivity contribution is 5.48. The van der Waals surface area contributed by atoms with Gasteiger partial charge in [-0.1, -0.05) is 0 Å². The number of rotatable bonds is 5. The van der Waals surface area contributed by atoms with Gasteiger partial charge in [-0.2, -0.15) is 0 Å². The molecule has 0 saturated heterocycles. The number of nitrogens with zero attached hydrogens (tertiary/aromatic N) is 1. The first-order valence-electron chi connectivity index (χ1n) is 4.92. The van der Waals surface area contributed by atoms with E-state index >= 15 is 0 Å². The summed E-state index contributed by atoms with van der Waals surface area (Å²) in [4.78, 5) is 4.04. The van der Waals surface area contributed by atoms with E-state index in [0.29, 0.717) is 0 Å². The minimum atomic E-state index is 0.872. The lowest BCUT2D eigenvalue weighted by Crippen LogP contribution is -2.02. The summed E-state index contributed by atoms with van der Waals surface area (Å²) in [6.07, 6.45) is 11.9. The summed E-state index contributed by atoms with van der Waals surface area (Å²) in [5.41, 5.74) is 2.35. The number of hydrogen-bond donors (Lipinski definition) is 1. The molecule has 0 aliphatic carbocycles. The van der Waals surface area contributed by atoms with E-state index in [1.165, 1.54) is 11.3 Å². The van der Waals surface area contributed by atoms with E-state index in [2.05, 4.69) is 23.1 Å². The summed E-state index contributed by atoms with van der Waals surface area (Å²) in [5, 5.41) is 3.36. The van der Waals surface area contributed by atoms with Crippen molar-refractivity contribution in [3.63, 3.8) is 0 Å². The van der Waals surface area contributed by atoms with Crippen LogP contribution in [0.4, 0.5) is 5.69 Å². The maximum absolute atomic E-state index is 5.17. The Bertz CT molecular complexity index is 312. The first-order valence-corrected chi connectivity index (χ1v) is 4.92. The molecule has 0 atom stereocenters. The Kier molecular flexibility index (Phi) is 4.57. The largest absolute Gasteiger partial charge is 0.385 e. The molecule has 2 heteroatoms. The highest BCUT2D eigenvalue weighted by Crippen LogP contribution is 2.11. The molecule has 0 fully saturated rings. The van der Waals surface area contributed by atoms with Gasteiger partial charge in [-0.25, -0.2) is 0 Å². The number of aromatic nitrogens is 1. The van der Waals surface area contributed by atoms with E-state index in [9.17, 15) is 0 Å². The molecule has 0 unspecified atom stereocenters. The van der Waals surface area contributed by atoms with E-state index in [-0.39, 0.29) is 0 Å². The zero-order valence-corrected chi connectivity index (χ0v) is 8.59. The van der Waals surface area contributed by atoms with Crippen LogP contribution in [0.25, 0.3) is 0 Å². The van der Waals surface area contributed by atoms with Crippen molar-refractivity contribution in [2.75, 3.05) is 11.9 Å². The van der Waals surface area contributed by atoms with Crippen LogP contribution in [0.5, 0.6) is 0 Å². The predicted molar refractivity (Wildman–Crippen MR) is 60.1 cm³/mol. The molecule has 0 radical (unpaired) electrons. The Labute approximate surface area is 85.8 Å². The maximum atomic E-state index is 5.17. The summed E-state index contributed by atoms with van der Waals surface area (Å²) in [6, 6.07) is 2.00. The molecule has 1 aromatic rings. The molecule has 14 heavy (non-hydrogen) atoms. The number of unbranched alkanes of at least 4 members (excludes halogenated alkanes) is 2. The highest BCUT2D eigenvalue weighted by Gasteiger charge is 1.94. The molecular formula is C12H16N2. The van der Waals surface area contributed by atoms with Gasteiger partial charge < -0.3 is 5.32 Å². The van der Waals surface area contributed by atoms with Gasteiger partial charge in [0.2, 0.25) is 0 Å². The van der Waals surface area contributed by atoms with Crippen molar-refractivity contribution in [1.29, 1.82) is 0 Å². The fourth-order valence-corrected chi connectivity index (χ4v) is 1.25. The Balaban J connectivity index is 2.25. The molecule has 1 rings (SSSR count). The van der Waals surface area contributed by atoms with Crippen molar-refractivity contribution in [3.8, 4) is 12.3 Å². The van der Waals surface area contributed by atoms with E-state index in [1.54, 1.807) is 6.20 Å². The lowest BCUT2D eigenvalue weighted by molar-refractivity contribution is 0.789. The van der Waals surface area contributed by atoms with Crippen LogP contribution in [0.15, 0.2) is 18.5 Å². The summed E-state index contributed by atoms with van der Waals surface area (Å²) in [5.74, 6) is 2.64. The molecule has 0 amide bonds. The number of terminal acetylenes is 1. The van der Waals surface area contributed by atoms with Crippen molar-refractivity contribution >= 4 is 5.69 Å². The van der Waals surface area contributed by atoms with Crippen molar-refractivity contribution in [1.82, 2.24) is 4.98 Å². The van der Waals surface area contributed by atoms with Gasteiger partial charge in [-0.3, -0.25) is 4.98 Å². The summed E-state index contributed by atoms with van der Waals surface area (Å²) < 4.78 is 0. The lowest BCUT2D eigenvalue weighted by Gasteiger charge is -2.07. The van der Waals surface area contributed by atoms with Gasteiger partial charge in [-0.15, -0.1) is 12.3 Å². The minimum Gasteiger partial charge on any atom is -0.385 e. The van der Waals surface area contributed by atoms with Crippen LogP contribution in [0.1, 0.15) is 24.8 Å². The fraction of sp³-hybridized carbons (Fsp3) is 0.417. The third-order valence-corrected chi connectivity index (χ3v) is 2.08. The molecule has 0 aromatic carbocycles. The van der Waals surface area contributed by atoms with Crippen LogP contribution in [0.2, 0.25) is 0 Å². The molecule has 0 bridgehead atoms. The van der Waals surface area contributed by atoms with Gasteiger partial charge in [0, 0.05) is 31.0 Å². The normalized spacial score (nSPS) is 9.43. The minimum absolute atomic E-state index is 0.872. The zero-order valence-electron chi connectivity index (χ0n) is 8.59. The molecule has 0 aliphatic heterocycles. The number of pyridine rings is 1. The highest BCUT2D eigenvalue weighted by atomic mass is 14.9. The second-order valence-corrected chi connectivity index (χ2v) is 3.28. The Morgan fingerprint density at radius 3 is 3.07 bits per heavy atom. The zero-order chi connectivity index (χ0) is 10.2. The average Bonchev–Trinajstić information content (AvgIpc) is 2.20. The van der Waals surface area contributed by atoms with Crippen LogP contribution in [0, 0.1) is 19.3 Å². The first-order chi connectivity index (χ1) is 6.84. The maximum Gasteiger partial charge on any atom is 0.0400 e. The fourth-order valence-electron chi connectivity index (χ4n) is 1.25. The standard InChI is InChI=1S/C12H16N2/c1-3-4-5-6-8-14-12-7-9-13-10-11(12)2/h1,7,9-10H,4-6,8H2,2H3,(H,13,14). The van der Waals surface area contributed by atoms with Gasteiger partial charge in [-0.05, 0) is 31.4 Å². The molecule has 0 aliphatic rings. The monoisotopic (exact) mass is 188 g/mol. The molecule has 0 spiro atoms. The third kappa shape index (κ3) is 3.49. The second-order valence-electron chi connectivity index (χ2n) is 3.28. The van der Waals surface area contributed by atoms with Crippen LogP contribution in [-0.2, 0) is 0 Å². The summed E-state index contributed by atoms with van der Waals surface area (Å²) in [6.45, 7) is 3.03. The molecule has 1 N–H and O–H groups in total.